The molecule has 1 rings (SSSR count). The molecule has 0 aromatic rings. The second-order valence-electron chi connectivity index (χ2n) is 3.00. The zero-order valence-electron chi connectivity index (χ0n) is 7.14. The van der Waals surface area contributed by atoms with Crippen molar-refractivity contribution in [3.8, 4) is 0 Å². The van der Waals surface area contributed by atoms with Gasteiger partial charge in [-0.25, -0.2) is 0 Å². The third-order valence-electron chi connectivity index (χ3n) is 1.95. The molecular weight excluding hydrogens is 140 g/mol. The summed E-state index contributed by atoms with van der Waals surface area (Å²) in [5.74, 6) is 0.713. The number of ether oxygens (including phenoxy) is 1. The largest absolute Gasteiger partial charge is 0.431 e. The van der Waals surface area contributed by atoms with E-state index < -0.39 is 0 Å². The Morgan fingerprint density at radius 1 is 1.36 bits per heavy atom. The van der Waals surface area contributed by atoms with E-state index in [0.717, 1.165) is 25.0 Å². The Bertz CT molecular complexity index is 192. The summed E-state index contributed by atoms with van der Waals surface area (Å²) >= 11 is 0. The highest BCUT2D eigenvalue weighted by molar-refractivity contribution is 5.67. The lowest BCUT2D eigenvalue weighted by atomic mass is 9.99. The minimum atomic E-state index is -0.193. The van der Waals surface area contributed by atoms with Gasteiger partial charge in [0.15, 0.2) is 0 Å². The summed E-state index contributed by atoms with van der Waals surface area (Å²) in [5.41, 5.74) is 1.24. The molecular formula is C9H14O2. The van der Waals surface area contributed by atoms with Gasteiger partial charge in [-0.3, -0.25) is 4.79 Å². The Labute approximate surface area is 67.2 Å². The van der Waals surface area contributed by atoms with Gasteiger partial charge in [-0.2, -0.15) is 0 Å². The third-order valence-corrected chi connectivity index (χ3v) is 1.95. The van der Waals surface area contributed by atoms with Gasteiger partial charge in [0.05, 0.1) is 0 Å². The van der Waals surface area contributed by atoms with Crippen molar-refractivity contribution < 1.29 is 9.53 Å². The maximum atomic E-state index is 10.6. The van der Waals surface area contributed by atoms with Crippen LogP contribution >= 0.6 is 0 Å². The number of rotatable bonds is 1. The van der Waals surface area contributed by atoms with Crippen LogP contribution in [0.5, 0.6) is 0 Å². The van der Waals surface area contributed by atoms with Crippen molar-refractivity contribution in [2.24, 2.45) is 0 Å². The summed E-state index contributed by atoms with van der Waals surface area (Å²) in [7, 11) is 0. The van der Waals surface area contributed by atoms with Crippen molar-refractivity contribution in [3.05, 3.63) is 11.3 Å². The summed E-state index contributed by atoms with van der Waals surface area (Å²) in [6.45, 7) is 3.49. The van der Waals surface area contributed by atoms with E-state index in [9.17, 15) is 4.79 Å². The van der Waals surface area contributed by atoms with Crippen LogP contribution < -0.4 is 0 Å². The number of allylic oxidation sites excluding steroid dienone is 2. The second-order valence-corrected chi connectivity index (χ2v) is 3.00. The predicted octanol–water partition coefficient (Wildman–Crippen LogP) is 2.40. The van der Waals surface area contributed by atoms with Gasteiger partial charge in [0, 0.05) is 13.3 Å². The van der Waals surface area contributed by atoms with E-state index in [2.05, 4.69) is 0 Å². The van der Waals surface area contributed by atoms with Crippen molar-refractivity contribution in [3.63, 3.8) is 0 Å². The predicted molar refractivity (Wildman–Crippen MR) is 42.9 cm³/mol. The Morgan fingerprint density at radius 2 is 2.00 bits per heavy atom. The molecule has 1 aliphatic rings. The van der Waals surface area contributed by atoms with E-state index in [0.29, 0.717) is 0 Å². The molecule has 0 amide bonds. The maximum Gasteiger partial charge on any atom is 0.307 e. The molecule has 0 saturated carbocycles. The molecule has 0 aromatic carbocycles. The standard InChI is InChI=1S/C9H14O2/c1-7-5-3-4-6-9(7)11-8(2)10/h3-6H2,1-2H3. The molecule has 0 unspecified atom stereocenters. The van der Waals surface area contributed by atoms with E-state index >= 15 is 0 Å². The van der Waals surface area contributed by atoms with Crippen LogP contribution in [0.25, 0.3) is 0 Å². The van der Waals surface area contributed by atoms with Crippen molar-refractivity contribution >= 4 is 5.97 Å². The Balaban J connectivity index is 2.59. The number of hydrogen-bond acceptors (Lipinski definition) is 2. The molecule has 0 spiro atoms. The van der Waals surface area contributed by atoms with Crippen LogP contribution in [0.1, 0.15) is 39.5 Å². The highest BCUT2D eigenvalue weighted by Gasteiger charge is 2.11. The molecule has 1 aliphatic carbocycles. The van der Waals surface area contributed by atoms with Gasteiger partial charge in [0.1, 0.15) is 5.76 Å². The van der Waals surface area contributed by atoms with E-state index in [-0.39, 0.29) is 5.97 Å². The lowest BCUT2D eigenvalue weighted by Crippen LogP contribution is -2.05. The minimum absolute atomic E-state index is 0.193. The van der Waals surface area contributed by atoms with Crippen molar-refractivity contribution in [2.45, 2.75) is 39.5 Å². The van der Waals surface area contributed by atoms with E-state index in [4.69, 9.17) is 4.74 Å². The van der Waals surface area contributed by atoms with Crippen LogP contribution in [0.2, 0.25) is 0 Å². The molecule has 0 fully saturated rings. The van der Waals surface area contributed by atoms with Gasteiger partial charge in [0.2, 0.25) is 0 Å². The molecule has 2 heteroatoms. The summed E-state index contributed by atoms with van der Waals surface area (Å²) < 4.78 is 5.04. The summed E-state index contributed by atoms with van der Waals surface area (Å²) in [6, 6.07) is 0. The van der Waals surface area contributed by atoms with Crippen LogP contribution in [-0.4, -0.2) is 5.97 Å². The van der Waals surface area contributed by atoms with Crippen LogP contribution in [0, 0.1) is 0 Å². The van der Waals surface area contributed by atoms with Gasteiger partial charge >= 0.3 is 5.97 Å². The van der Waals surface area contributed by atoms with Crippen LogP contribution in [0.4, 0.5) is 0 Å². The molecule has 0 saturated heterocycles. The SMILES string of the molecule is CC(=O)OC1=C(C)CCCC1. The Morgan fingerprint density at radius 3 is 2.55 bits per heavy atom. The third kappa shape index (κ3) is 2.37. The van der Waals surface area contributed by atoms with Gasteiger partial charge < -0.3 is 4.74 Å². The van der Waals surface area contributed by atoms with Crippen molar-refractivity contribution in [2.75, 3.05) is 0 Å². The fraction of sp³-hybridized carbons (Fsp3) is 0.667. The number of esters is 1. The van der Waals surface area contributed by atoms with Crippen molar-refractivity contribution in [1.29, 1.82) is 0 Å². The summed E-state index contributed by atoms with van der Waals surface area (Å²) in [6.07, 6.45) is 4.41. The Kier molecular flexibility index (Phi) is 2.69. The number of carbonyl (C=O) groups is 1. The van der Waals surface area contributed by atoms with Gasteiger partial charge in [-0.15, -0.1) is 0 Å². The van der Waals surface area contributed by atoms with E-state index in [1.165, 1.54) is 18.9 Å². The average molecular weight is 154 g/mol. The lowest BCUT2D eigenvalue weighted by molar-refractivity contribution is -0.137. The summed E-state index contributed by atoms with van der Waals surface area (Å²) in [4.78, 5) is 10.6. The van der Waals surface area contributed by atoms with E-state index in [1.807, 2.05) is 6.92 Å². The normalized spacial score (nSPS) is 18.4. The van der Waals surface area contributed by atoms with E-state index in [1.54, 1.807) is 0 Å². The highest BCUT2D eigenvalue weighted by Crippen LogP contribution is 2.24. The van der Waals surface area contributed by atoms with Crippen molar-refractivity contribution in [1.82, 2.24) is 0 Å². The molecule has 0 bridgehead atoms. The first-order valence-corrected chi connectivity index (χ1v) is 4.07. The molecule has 0 N–H and O–H groups in total. The molecule has 2 nitrogen and oxygen atoms in total. The molecule has 0 aliphatic heterocycles. The number of hydrogen-bond donors (Lipinski definition) is 0. The maximum absolute atomic E-state index is 10.6. The molecule has 0 aromatic heterocycles. The topological polar surface area (TPSA) is 26.3 Å². The smallest absolute Gasteiger partial charge is 0.307 e. The van der Waals surface area contributed by atoms with Crippen LogP contribution in [0.3, 0.4) is 0 Å². The average Bonchev–Trinajstić information content (AvgIpc) is 1.93. The fourth-order valence-corrected chi connectivity index (χ4v) is 1.34. The monoisotopic (exact) mass is 154 g/mol. The number of carbonyl (C=O) groups excluding carboxylic acids is 1. The molecule has 11 heavy (non-hydrogen) atoms. The molecule has 62 valence electrons. The minimum Gasteiger partial charge on any atom is -0.431 e. The molecule has 0 radical (unpaired) electrons. The van der Waals surface area contributed by atoms with Gasteiger partial charge in [-0.05, 0) is 31.8 Å². The highest BCUT2D eigenvalue weighted by atomic mass is 16.5. The fourth-order valence-electron chi connectivity index (χ4n) is 1.34. The van der Waals surface area contributed by atoms with Gasteiger partial charge in [-0.1, -0.05) is 0 Å². The first-order valence-electron chi connectivity index (χ1n) is 4.07. The lowest BCUT2D eigenvalue weighted by Gasteiger charge is -2.15. The second kappa shape index (κ2) is 3.56. The quantitative estimate of drug-likeness (QED) is 0.542. The van der Waals surface area contributed by atoms with Gasteiger partial charge in [0.25, 0.3) is 0 Å². The first kappa shape index (κ1) is 8.31. The zero-order chi connectivity index (χ0) is 8.27. The Hall–Kier alpha value is -0.790. The van der Waals surface area contributed by atoms with Crippen LogP contribution in [-0.2, 0) is 9.53 Å². The van der Waals surface area contributed by atoms with Crippen LogP contribution in [0.15, 0.2) is 11.3 Å². The summed E-state index contributed by atoms with van der Waals surface area (Å²) in [5, 5.41) is 0. The zero-order valence-corrected chi connectivity index (χ0v) is 7.14. The molecule has 0 atom stereocenters. The molecule has 0 heterocycles. The first-order chi connectivity index (χ1) is 5.20.